The van der Waals surface area contributed by atoms with E-state index in [0.717, 1.165) is 24.6 Å². The van der Waals surface area contributed by atoms with Gasteiger partial charge in [-0.1, -0.05) is 0 Å². The SMILES string of the molecule is O=C(NOC[C@H]1C[C@H](CN2CC2)CN1)C1CCC2CN1C(=O)N2OS(=O)[O-]. The summed E-state index contributed by atoms with van der Waals surface area (Å²) in [5.41, 5.74) is 2.44. The first kappa shape index (κ1) is 19.0. The Morgan fingerprint density at radius 1 is 1.37 bits per heavy atom. The number of hydrogen-bond donors (Lipinski definition) is 2. The van der Waals surface area contributed by atoms with E-state index in [1.807, 2.05) is 0 Å². The van der Waals surface area contributed by atoms with Crippen molar-refractivity contribution in [2.24, 2.45) is 5.92 Å². The first-order chi connectivity index (χ1) is 13.0. The zero-order chi connectivity index (χ0) is 19.0. The lowest BCUT2D eigenvalue weighted by atomic mass is 10.0. The molecule has 0 saturated carbocycles. The van der Waals surface area contributed by atoms with Crippen LogP contribution in [0.25, 0.3) is 0 Å². The van der Waals surface area contributed by atoms with Gasteiger partial charge in [-0.05, 0) is 31.7 Å². The predicted molar refractivity (Wildman–Crippen MR) is 91.2 cm³/mol. The van der Waals surface area contributed by atoms with Gasteiger partial charge in [0.15, 0.2) is 0 Å². The van der Waals surface area contributed by atoms with E-state index in [2.05, 4.69) is 20.0 Å². The van der Waals surface area contributed by atoms with Crippen LogP contribution in [0, 0.1) is 5.92 Å². The molecular weight excluding hydrogens is 378 g/mol. The molecule has 27 heavy (non-hydrogen) atoms. The molecule has 2 N–H and O–H groups in total. The number of rotatable bonds is 8. The average molecular weight is 402 g/mol. The Kier molecular flexibility index (Phi) is 5.62. The van der Waals surface area contributed by atoms with Crippen molar-refractivity contribution in [3.63, 3.8) is 0 Å². The third-order valence-corrected chi connectivity index (χ3v) is 5.88. The Morgan fingerprint density at radius 2 is 2.19 bits per heavy atom. The van der Waals surface area contributed by atoms with Gasteiger partial charge in [0, 0.05) is 32.2 Å². The van der Waals surface area contributed by atoms with E-state index in [4.69, 9.17) is 4.84 Å². The normalized spacial score (nSPS) is 34.2. The molecule has 12 heteroatoms. The molecule has 0 aromatic rings. The zero-order valence-corrected chi connectivity index (χ0v) is 15.7. The minimum Gasteiger partial charge on any atom is -0.748 e. The molecule has 0 radical (unpaired) electrons. The van der Waals surface area contributed by atoms with Crippen LogP contribution in [0.3, 0.4) is 0 Å². The molecule has 0 aromatic heterocycles. The van der Waals surface area contributed by atoms with Gasteiger partial charge in [0.25, 0.3) is 5.91 Å². The highest BCUT2D eigenvalue weighted by Crippen LogP contribution is 2.30. The van der Waals surface area contributed by atoms with Gasteiger partial charge in [-0.25, -0.2) is 14.5 Å². The fourth-order valence-electron chi connectivity index (χ4n) is 4.14. The molecule has 0 spiro atoms. The molecule has 4 aliphatic rings. The van der Waals surface area contributed by atoms with Crippen molar-refractivity contribution < 1.29 is 27.5 Å². The van der Waals surface area contributed by atoms with Crippen LogP contribution in [-0.2, 0) is 25.3 Å². The Morgan fingerprint density at radius 3 is 2.93 bits per heavy atom. The summed E-state index contributed by atoms with van der Waals surface area (Å²) in [5.74, 6) is 0.220. The molecule has 5 atom stereocenters. The lowest BCUT2D eigenvalue weighted by Gasteiger charge is -2.29. The fraction of sp³-hybridized carbons (Fsp3) is 0.867. The quantitative estimate of drug-likeness (QED) is 0.280. The highest BCUT2D eigenvalue weighted by Gasteiger charge is 2.48. The number of carbonyl (C=O) groups is 2. The van der Waals surface area contributed by atoms with Crippen LogP contribution in [0.1, 0.15) is 19.3 Å². The Balaban J connectivity index is 1.21. The number of amides is 3. The van der Waals surface area contributed by atoms with Crippen LogP contribution >= 0.6 is 0 Å². The van der Waals surface area contributed by atoms with Crippen molar-refractivity contribution in [3.8, 4) is 0 Å². The minimum absolute atomic E-state index is 0.204. The topological polar surface area (TPSA) is 126 Å². The largest absolute Gasteiger partial charge is 0.748 e. The maximum absolute atomic E-state index is 12.4. The van der Waals surface area contributed by atoms with Gasteiger partial charge in [0.2, 0.25) is 0 Å². The smallest absolute Gasteiger partial charge is 0.346 e. The Labute approximate surface area is 159 Å². The molecule has 2 bridgehead atoms. The van der Waals surface area contributed by atoms with Crippen LogP contribution in [-0.4, -0.2) is 93.0 Å². The minimum atomic E-state index is -2.82. The highest BCUT2D eigenvalue weighted by atomic mass is 32.2. The molecule has 4 heterocycles. The summed E-state index contributed by atoms with van der Waals surface area (Å²) in [5, 5.41) is 4.23. The first-order valence-electron chi connectivity index (χ1n) is 9.26. The monoisotopic (exact) mass is 402 g/mol. The molecule has 0 aliphatic carbocycles. The summed E-state index contributed by atoms with van der Waals surface area (Å²) >= 11 is -2.82. The lowest BCUT2D eigenvalue weighted by molar-refractivity contribution is -0.139. The van der Waals surface area contributed by atoms with Gasteiger partial charge < -0.3 is 19.7 Å². The maximum atomic E-state index is 12.4. The van der Waals surface area contributed by atoms with Crippen LogP contribution in [0.4, 0.5) is 4.79 Å². The van der Waals surface area contributed by atoms with E-state index in [1.165, 1.54) is 18.0 Å². The highest BCUT2D eigenvalue weighted by molar-refractivity contribution is 7.74. The summed E-state index contributed by atoms with van der Waals surface area (Å²) in [6, 6.07) is -1.45. The van der Waals surface area contributed by atoms with E-state index in [-0.39, 0.29) is 18.6 Å². The Bertz CT molecular complexity index is 620. The third-order valence-electron chi connectivity index (χ3n) is 5.59. The standard InChI is InChI=1S/C15H25N5O6S/c21-14(17-25-9-11-5-10(6-16-11)7-18-3-4-18)13-2-1-12-8-19(13)15(22)20(12)26-27(23)24/h10-13,16H,1-9H2,(H,17,21)(H,23,24)/p-1/t10-,11+,12?,13?/m0/s1. The molecule has 4 rings (SSSR count). The Hall–Kier alpha value is -1.31. The number of nitrogens with zero attached hydrogens (tertiary/aromatic N) is 3. The van der Waals surface area contributed by atoms with Gasteiger partial charge in [-0.3, -0.25) is 9.63 Å². The molecule has 3 unspecified atom stereocenters. The number of carbonyl (C=O) groups excluding carboxylic acids is 2. The van der Waals surface area contributed by atoms with Crippen molar-refractivity contribution in [2.45, 2.75) is 37.4 Å². The van der Waals surface area contributed by atoms with Crippen LogP contribution in [0.5, 0.6) is 0 Å². The molecule has 4 saturated heterocycles. The molecule has 4 aliphatic heterocycles. The average Bonchev–Trinajstić information content (AvgIpc) is 3.29. The van der Waals surface area contributed by atoms with Crippen molar-refractivity contribution in [3.05, 3.63) is 0 Å². The lowest BCUT2D eigenvalue weighted by Crippen LogP contribution is -2.50. The van der Waals surface area contributed by atoms with Crippen molar-refractivity contribution >= 4 is 23.3 Å². The van der Waals surface area contributed by atoms with E-state index in [1.54, 1.807) is 0 Å². The first-order valence-corrected chi connectivity index (χ1v) is 10.3. The summed E-state index contributed by atoms with van der Waals surface area (Å²) < 4.78 is 26.0. The van der Waals surface area contributed by atoms with E-state index < -0.39 is 29.3 Å². The van der Waals surface area contributed by atoms with Crippen LogP contribution in [0.2, 0.25) is 0 Å². The van der Waals surface area contributed by atoms with E-state index in [9.17, 15) is 18.4 Å². The molecule has 0 aromatic carbocycles. The number of hydrogen-bond acceptors (Lipinski definition) is 8. The second-order valence-corrected chi connectivity index (χ2v) is 8.13. The van der Waals surface area contributed by atoms with Crippen molar-refractivity contribution in [2.75, 3.05) is 39.3 Å². The molecule has 152 valence electrons. The van der Waals surface area contributed by atoms with E-state index in [0.29, 0.717) is 25.4 Å². The predicted octanol–water partition coefficient (Wildman–Crippen LogP) is -1.68. The summed E-state index contributed by atoms with van der Waals surface area (Å²) in [6.07, 6.45) is 1.93. The number of urea groups is 1. The summed E-state index contributed by atoms with van der Waals surface area (Å²) in [4.78, 5) is 33.8. The van der Waals surface area contributed by atoms with Crippen LogP contribution in [0.15, 0.2) is 0 Å². The number of hydroxylamine groups is 3. The number of fused-ring (bicyclic) bond motifs is 2. The zero-order valence-electron chi connectivity index (χ0n) is 14.9. The summed E-state index contributed by atoms with van der Waals surface area (Å²) in [6.45, 7) is 5.09. The van der Waals surface area contributed by atoms with Crippen molar-refractivity contribution in [1.29, 1.82) is 0 Å². The second kappa shape index (κ2) is 7.97. The summed E-state index contributed by atoms with van der Waals surface area (Å²) in [7, 11) is 0. The fourth-order valence-corrected chi connectivity index (χ4v) is 4.45. The maximum Gasteiger partial charge on any atom is 0.346 e. The van der Waals surface area contributed by atoms with Gasteiger partial charge in [0.1, 0.15) is 17.4 Å². The van der Waals surface area contributed by atoms with Crippen molar-refractivity contribution in [1.82, 2.24) is 25.7 Å². The number of piperidine rings is 1. The van der Waals surface area contributed by atoms with Gasteiger partial charge >= 0.3 is 6.03 Å². The van der Waals surface area contributed by atoms with Gasteiger partial charge in [-0.2, -0.15) is 9.35 Å². The molecular formula is C15H24N5O6S-. The van der Waals surface area contributed by atoms with Gasteiger partial charge in [0.05, 0.1) is 12.6 Å². The van der Waals surface area contributed by atoms with E-state index >= 15 is 0 Å². The van der Waals surface area contributed by atoms with Gasteiger partial charge in [-0.15, -0.1) is 0 Å². The molecule has 4 fully saturated rings. The number of nitrogens with one attached hydrogen (secondary N) is 2. The third kappa shape index (κ3) is 4.41. The molecule has 3 amide bonds. The van der Waals surface area contributed by atoms with Crippen LogP contribution < -0.4 is 10.8 Å². The second-order valence-electron chi connectivity index (χ2n) is 7.57. The molecule has 11 nitrogen and oxygen atoms in total.